The third-order valence-corrected chi connectivity index (χ3v) is 6.74. The second-order valence-electron chi connectivity index (χ2n) is 6.96. The molecule has 0 aliphatic carbocycles. The monoisotopic (exact) mass is 403 g/mol. The molecule has 2 aromatic rings. The van der Waals surface area contributed by atoms with Gasteiger partial charge >= 0.3 is 0 Å². The summed E-state index contributed by atoms with van der Waals surface area (Å²) in [7, 11) is 0. The summed E-state index contributed by atoms with van der Waals surface area (Å²) in [6, 6.07) is 4.12. The molecule has 0 bridgehead atoms. The topological polar surface area (TPSA) is 64.0 Å². The van der Waals surface area contributed by atoms with E-state index in [0.29, 0.717) is 17.0 Å². The number of amides is 1. The zero-order valence-electron chi connectivity index (χ0n) is 16.4. The van der Waals surface area contributed by atoms with Gasteiger partial charge in [-0.05, 0) is 38.8 Å². The van der Waals surface area contributed by atoms with Crippen molar-refractivity contribution in [2.75, 3.05) is 11.1 Å². The summed E-state index contributed by atoms with van der Waals surface area (Å²) >= 11 is 2.93. The predicted octanol–water partition coefficient (Wildman–Crippen LogP) is 3.96. The van der Waals surface area contributed by atoms with Gasteiger partial charge in [-0.1, -0.05) is 36.4 Å². The van der Waals surface area contributed by atoms with Crippen LogP contribution in [0, 0.1) is 20.8 Å². The van der Waals surface area contributed by atoms with Crippen molar-refractivity contribution in [2.24, 2.45) is 0 Å². The molecule has 2 heterocycles. The molecule has 1 amide bonds. The zero-order valence-corrected chi connectivity index (χ0v) is 18.0. The summed E-state index contributed by atoms with van der Waals surface area (Å²) in [5.74, 6) is 0.135. The van der Waals surface area contributed by atoms with E-state index in [1.165, 1.54) is 17.3 Å². The third kappa shape index (κ3) is 4.24. The van der Waals surface area contributed by atoms with Gasteiger partial charge in [0.1, 0.15) is 0 Å². The summed E-state index contributed by atoms with van der Waals surface area (Å²) in [5, 5.41) is 4.01. The molecule has 5 nitrogen and oxygen atoms in total. The Balaban J connectivity index is 1.76. The first-order chi connectivity index (χ1) is 12.8. The number of hydrogen-bond acceptors (Lipinski definition) is 5. The van der Waals surface area contributed by atoms with Gasteiger partial charge in [-0.2, -0.15) is 0 Å². The van der Waals surface area contributed by atoms with E-state index in [0.717, 1.165) is 33.8 Å². The molecule has 1 aliphatic rings. The number of thioether (sulfide) groups is 2. The second-order valence-corrected chi connectivity index (χ2v) is 9.35. The molecule has 0 unspecified atom stereocenters. The van der Waals surface area contributed by atoms with Crippen LogP contribution >= 0.6 is 23.5 Å². The zero-order chi connectivity index (χ0) is 19.7. The average Bonchev–Trinajstić information content (AvgIpc) is 2.97. The summed E-state index contributed by atoms with van der Waals surface area (Å²) in [6.07, 6.45) is 0.807. The number of fused-ring (bicyclic) bond motifs is 1. The van der Waals surface area contributed by atoms with E-state index >= 15 is 0 Å². The molecule has 0 fully saturated rings. The molecule has 144 valence electrons. The smallest absolute Gasteiger partial charge is 0.268 e. The van der Waals surface area contributed by atoms with E-state index in [9.17, 15) is 9.59 Å². The summed E-state index contributed by atoms with van der Waals surface area (Å²) in [4.78, 5) is 30.7. The Labute approximate surface area is 168 Å². The summed E-state index contributed by atoms with van der Waals surface area (Å²) in [5.41, 5.74) is 5.04. The van der Waals surface area contributed by atoms with Crippen molar-refractivity contribution >= 4 is 35.1 Å². The number of carbonyl (C=O) groups excluding carboxylic acids is 1. The van der Waals surface area contributed by atoms with Crippen molar-refractivity contribution in [3.8, 4) is 0 Å². The van der Waals surface area contributed by atoms with E-state index < -0.39 is 0 Å². The Kier molecular flexibility index (Phi) is 6.01. The number of hydrogen-bond donors (Lipinski definition) is 1. The van der Waals surface area contributed by atoms with Gasteiger partial charge < -0.3 is 5.32 Å². The quantitative estimate of drug-likeness (QED) is 0.605. The SMILES string of the molecule is CCn1c(SCC(=O)Nc2c(C)cc(C)cc2C)nc2c(c1=O)S[C@@H](C)C2. The summed E-state index contributed by atoms with van der Waals surface area (Å²) in [6.45, 7) is 10.6. The molecule has 1 aromatic carbocycles. The first-order valence-corrected chi connectivity index (χ1v) is 11.0. The van der Waals surface area contributed by atoms with Crippen LogP contribution in [0.4, 0.5) is 5.69 Å². The van der Waals surface area contributed by atoms with Gasteiger partial charge in [0, 0.05) is 23.9 Å². The Bertz CT molecular complexity index is 930. The average molecular weight is 404 g/mol. The first kappa shape index (κ1) is 20.0. The molecular formula is C20H25N3O2S2. The highest BCUT2D eigenvalue weighted by atomic mass is 32.2. The van der Waals surface area contributed by atoms with Gasteiger partial charge in [0.05, 0.1) is 16.3 Å². The van der Waals surface area contributed by atoms with Crippen molar-refractivity contribution in [2.45, 2.75) is 62.9 Å². The number of anilines is 1. The van der Waals surface area contributed by atoms with Crippen LogP contribution in [0.15, 0.2) is 27.0 Å². The maximum absolute atomic E-state index is 12.7. The van der Waals surface area contributed by atoms with Crippen molar-refractivity contribution in [3.05, 3.63) is 44.9 Å². The lowest BCUT2D eigenvalue weighted by Crippen LogP contribution is -2.25. The van der Waals surface area contributed by atoms with Crippen LogP contribution in [0.1, 0.15) is 36.2 Å². The van der Waals surface area contributed by atoms with E-state index in [2.05, 4.69) is 29.4 Å². The molecule has 1 aromatic heterocycles. The molecule has 1 aliphatic heterocycles. The molecule has 0 radical (unpaired) electrons. The van der Waals surface area contributed by atoms with Crippen molar-refractivity contribution in [1.82, 2.24) is 9.55 Å². The Morgan fingerprint density at radius 1 is 1.33 bits per heavy atom. The van der Waals surface area contributed by atoms with Crippen molar-refractivity contribution in [3.63, 3.8) is 0 Å². The van der Waals surface area contributed by atoms with Gasteiger partial charge in [-0.15, -0.1) is 11.8 Å². The standard InChI is InChI=1S/C20H25N3O2S2/c1-6-23-19(25)18-15(9-14(5)27-18)21-20(23)26-10-16(24)22-17-12(3)7-11(2)8-13(17)4/h7-8,14H,6,9-10H2,1-5H3,(H,22,24)/t14-/m0/s1. The molecule has 0 spiro atoms. The molecule has 0 saturated heterocycles. The van der Waals surface area contributed by atoms with Crippen LogP contribution in [0.5, 0.6) is 0 Å². The summed E-state index contributed by atoms with van der Waals surface area (Å²) < 4.78 is 1.67. The maximum atomic E-state index is 12.7. The molecule has 0 saturated carbocycles. The minimum absolute atomic E-state index is 0.0185. The number of rotatable bonds is 5. The van der Waals surface area contributed by atoms with Crippen LogP contribution in [0.2, 0.25) is 0 Å². The Morgan fingerprint density at radius 2 is 2.00 bits per heavy atom. The molecule has 1 N–H and O–H groups in total. The number of carbonyl (C=O) groups is 1. The van der Waals surface area contributed by atoms with Gasteiger partial charge in [-0.25, -0.2) is 4.98 Å². The number of benzene rings is 1. The van der Waals surface area contributed by atoms with E-state index in [1.807, 2.05) is 27.7 Å². The van der Waals surface area contributed by atoms with Crippen LogP contribution in [-0.2, 0) is 17.8 Å². The van der Waals surface area contributed by atoms with Gasteiger partial charge in [0.2, 0.25) is 5.91 Å². The van der Waals surface area contributed by atoms with Crippen LogP contribution < -0.4 is 10.9 Å². The molecule has 7 heteroatoms. The number of aryl methyl sites for hydroxylation is 3. The third-order valence-electron chi connectivity index (χ3n) is 4.55. The number of nitrogens with zero attached hydrogens (tertiary/aromatic N) is 2. The minimum Gasteiger partial charge on any atom is -0.325 e. The van der Waals surface area contributed by atoms with Gasteiger partial charge in [0.25, 0.3) is 5.56 Å². The molecule has 27 heavy (non-hydrogen) atoms. The second kappa shape index (κ2) is 8.10. The normalized spacial score (nSPS) is 15.7. The highest BCUT2D eigenvalue weighted by Crippen LogP contribution is 2.34. The van der Waals surface area contributed by atoms with E-state index in [1.54, 1.807) is 16.3 Å². The van der Waals surface area contributed by atoms with Crippen LogP contribution in [-0.4, -0.2) is 26.5 Å². The first-order valence-electron chi connectivity index (χ1n) is 9.11. The molecule has 1 atom stereocenters. The fourth-order valence-electron chi connectivity index (χ4n) is 3.40. The highest BCUT2D eigenvalue weighted by molar-refractivity contribution is 8.00. The van der Waals surface area contributed by atoms with Crippen molar-refractivity contribution in [1.29, 1.82) is 0 Å². The highest BCUT2D eigenvalue weighted by Gasteiger charge is 2.26. The minimum atomic E-state index is -0.0878. The maximum Gasteiger partial charge on any atom is 0.268 e. The molecular weight excluding hydrogens is 378 g/mol. The fraction of sp³-hybridized carbons (Fsp3) is 0.450. The van der Waals surface area contributed by atoms with E-state index in [4.69, 9.17) is 0 Å². The fourth-order valence-corrected chi connectivity index (χ4v) is 5.40. The Hall–Kier alpha value is -1.73. The lowest BCUT2D eigenvalue weighted by atomic mass is 10.1. The predicted molar refractivity (Wildman–Crippen MR) is 113 cm³/mol. The van der Waals surface area contributed by atoms with Gasteiger partial charge in [-0.3, -0.25) is 14.2 Å². The lowest BCUT2D eigenvalue weighted by molar-refractivity contribution is -0.113. The van der Waals surface area contributed by atoms with Crippen LogP contribution in [0.3, 0.4) is 0 Å². The van der Waals surface area contributed by atoms with Crippen molar-refractivity contribution < 1.29 is 4.79 Å². The van der Waals surface area contributed by atoms with Crippen LogP contribution in [0.25, 0.3) is 0 Å². The largest absolute Gasteiger partial charge is 0.325 e. The number of nitrogens with one attached hydrogen (secondary N) is 1. The lowest BCUT2D eigenvalue weighted by Gasteiger charge is -2.14. The Morgan fingerprint density at radius 3 is 2.63 bits per heavy atom. The van der Waals surface area contributed by atoms with E-state index in [-0.39, 0.29) is 17.2 Å². The number of aromatic nitrogens is 2. The van der Waals surface area contributed by atoms with Gasteiger partial charge in [0.15, 0.2) is 5.16 Å². The molecule has 3 rings (SSSR count).